The van der Waals surface area contributed by atoms with Crippen LogP contribution in [-0.4, -0.2) is 11.9 Å². The number of ether oxygens (including phenoxy) is 1. The van der Waals surface area contributed by atoms with Gasteiger partial charge in [-0.1, -0.05) is 39.3 Å². The average Bonchev–Trinajstić information content (AvgIpc) is 2.46. The highest BCUT2D eigenvalue weighted by Gasteiger charge is 2.08. The SMILES string of the molecule is CCC(=O)CCCCCc1cccc(O[C@H](C)C(C)C)c1. The third-order valence-electron chi connectivity index (χ3n) is 3.97. The third kappa shape index (κ3) is 7.31. The van der Waals surface area contributed by atoms with Crippen molar-refractivity contribution in [1.82, 2.24) is 0 Å². The van der Waals surface area contributed by atoms with E-state index in [9.17, 15) is 4.79 Å². The van der Waals surface area contributed by atoms with Gasteiger partial charge >= 0.3 is 0 Å². The van der Waals surface area contributed by atoms with Gasteiger partial charge in [0.25, 0.3) is 0 Å². The Labute approximate surface area is 129 Å². The summed E-state index contributed by atoms with van der Waals surface area (Å²) >= 11 is 0. The van der Waals surface area contributed by atoms with Crippen molar-refractivity contribution in [3.05, 3.63) is 29.8 Å². The molecule has 0 saturated carbocycles. The van der Waals surface area contributed by atoms with Crippen molar-refractivity contribution >= 4 is 5.78 Å². The van der Waals surface area contributed by atoms with Crippen LogP contribution in [0, 0.1) is 5.92 Å². The average molecular weight is 290 g/mol. The van der Waals surface area contributed by atoms with E-state index in [1.807, 2.05) is 13.0 Å². The van der Waals surface area contributed by atoms with Gasteiger partial charge in [0, 0.05) is 12.8 Å². The molecule has 21 heavy (non-hydrogen) atoms. The van der Waals surface area contributed by atoms with Crippen LogP contribution in [0.3, 0.4) is 0 Å². The van der Waals surface area contributed by atoms with Crippen molar-refractivity contribution in [3.8, 4) is 5.75 Å². The van der Waals surface area contributed by atoms with Gasteiger partial charge in [0.05, 0.1) is 6.10 Å². The second-order valence-corrected chi connectivity index (χ2v) is 6.17. The summed E-state index contributed by atoms with van der Waals surface area (Å²) in [4.78, 5) is 11.2. The van der Waals surface area contributed by atoms with Crippen LogP contribution in [0.2, 0.25) is 0 Å². The summed E-state index contributed by atoms with van der Waals surface area (Å²) < 4.78 is 5.95. The molecule has 0 fully saturated rings. The molecule has 2 heteroatoms. The number of Topliss-reactive ketones (excluding diaryl/α,β-unsaturated/α-hetero) is 1. The first-order valence-corrected chi connectivity index (χ1v) is 8.30. The van der Waals surface area contributed by atoms with Gasteiger partial charge in [-0.3, -0.25) is 4.79 Å². The second kappa shape index (κ2) is 9.59. The zero-order chi connectivity index (χ0) is 15.7. The lowest BCUT2D eigenvalue weighted by Gasteiger charge is -2.18. The predicted molar refractivity (Wildman–Crippen MR) is 88.8 cm³/mol. The van der Waals surface area contributed by atoms with E-state index < -0.39 is 0 Å². The largest absolute Gasteiger partial charge is 0.490 e. The fraction of sp³-hybridized carbons (Fsp3) is 0.632. The molecule has 2 nitrogen and oxygen atoms in total. The molecule has 0 bridgehead atoms. The van der Waals surface area contributed by atoms with Crippen LogP contribution in [0.25, 0.3) is 0 Å². The van der Waals surface area contributed by atoms with Crippen LogP contribution in [0.15, 0.2) is 24.3 Å². The van der Waals surface area contributed by atoms with Crippen molar-refractivity contribution in [3.63, 3.8) is 0 Å². The summed E-state index contributed by atoms with van der Waals surface area (Å²) in [6, 6.07) is 8.40. The van der Waals surface area contributed by atoms with Crippen molar-refractivity contribution in [2.24, 2.45) is 5.92 Å². The maximum atomic E-state index is 11.2. The minimum atomic E-state index is 0.236. The fourth-order valence-corrected chi connectivity index (χ4v) is 2.13. The lowest BCUT2D eigenvalue weighted by atomic mass is 10.0. The summed E-state index contributed by atoms with van der Waals surface area (Å²) in [6.45, 7) is 8.40. The van der Waals surface area contributed by atoms with Gasteiger partial charge in [-0.15, -0.1) is 0 Å². The molecule has 0 aromatic heterocycles. The highest BCUT2D eigenvalue weighted by Crippen LogP contribution is 2.19. The molecule has 0 amide bonds. The molecule has 0 aliphatic rings. The highest BCUT2D eigenvalue weighted by atomic mass is 16.5. The van der Waals surface area contributed by atoms with Gasteiger partial charge in [0.15, 0.2) is 0 Å². The van der Waals surface area contributed by atoms with Crippen LogP contribution in [0.1, 0.15) is 65.4 Å². The number of unbranched alkanes of at least 4 members (excludes halogenated alkanes) is 2. The van der Waals surface area contributed by atoms with Gasteiger partial charge in [0.2, 0.25) is 0 Å². The zero-order valence-corrected chi connectivity index (χ0v) is 14.0. The Morgan fingerprint density at radius 3 is 2.57 bits per heavy atom. The van der Waals surface area contributed by atoms with Gasteiger partial charge in [-0.2, -0.15) is 0 Å². The minimum Gasteiger partial charge on any atom is -0.490 e. The van der Waals surface area contributed by atoms with Crippen molar-refractivity contribution < 1.29 is 9.53 Å². The first-order chi connectivity index (χ1) is 10.0. The third-order valence-corrected chi connectivity index (χ3v) is 3.97. The molecule has 0 radical (unpaired) electrons. The Kier molecular flexibility index (Phi) is 8.11. The molecule has 0 aliphatic heterocycles. The van der Waals surface area contributed by atoms with Crippen molar-refractivity contribution in [2.75, 3.05) is 0 Å². The van der Waals surface area contributed by atoms with Gasteiger partial charge in [-0.05, 0) is 49.8 Å². The van der Waals surface area contributed by atoms with E-state index in [2.05, 4.69) is 39.0 Å². The number of rotatable bonds is 10. The predicted octanol–water partition coefficient (Wildman–Crippen LogP) is 5.19. The molecule has 1 aromatic rings. The standard InChI is InChI=1S/C19H30O2/c1-5-18(20)12-8-6-7-10-17-11-9-13-19(14-17)21-16(4)15(2)3/h9,11,13-16H,5-8,10,12H2,1-4H3/t16-/m1/s1. The van der Waals surface area contributed by atoms with Crippen LogP contribution >= 0.6 is 0 Å². The lowest BCUT2D eigenvalue weighted by molar-refractivity contribution is -0.118. The Hall–Kier alpha value is -1.31. The van der Waals surface area contributed by atoms with E-state index in [0.29, 0.717) is 18.1 Å². The molecule has 0 spiro atoms. The number of carbonyl (C=O) groups is 1. The topological polar surface area (TPSA) is 26.3 Å². The Morgan fingerprint density at radius 2 is 1.90 bits per heavy atom. The number of hydrogen-bond donors (Lipinski definition) is 0. The summed E-state index contributed by atoms with van der Waals surface area (Å²) in [7, 11) is 0. The number of ketones is 1. The highest BCUT2D eigenvalue weighted by molar-refractivity contribution is 5.77. The minimum absolute atomic E-state index is 0.236. The van der Waals surface area contributed by atoms with Gasteiger partial charge in [-0.25, -0.2) is 0 Å². The second-order valence-electron chi connectivity index (χ2n) is 6.17. The molecule has 1 atom stereocenters. The van der Waals surface area contributed by atoms with Crippen molar-refractivity contribution in [1.29, 1.82) is 0 Å². The Bertz CT molecular complexity index is 423. The van der Waals surface area contributed by atoms with E-state index in [-0.39, 0.29) is 6.10 Å². The molecule has 0 saturated heterocycles. The van der Waals surface area contributed by atoms with Crippen LogP contribution in [0.5, 0.6) is 5.75 Å². The number of hydrogen-bond acceptors (Lipinski definition) is 2. The summed E-state index contributed by atoms with van der Waals surface area (Å²) in [6.07, 6.45) is 6.00. The van der Waals surface area contributed by atoms with Crippen LogP contribution in [0.4, 0.5) is 0 Å². The smallest absolute Gasteiger partial charge is 0.132 e. The number of aryl methyl sites for hydroxylation is 1. The number of carbonyl (C=O) groups excluding carboxylic acids is 1. The van der Waals surface area contributed by atoms with Crippen LogP contribution < -0.4 is 4.74 Å². The molecule has 1 rings (SSSR count). The normalized spacial score (nSPS) is 12.4. The maximum absolute atomic E-state index is 11.2. The Balaban J connectivity index is 2.34. The van der Waals surface area contributed by atoms with Gasteiger partial charge in [0.1, 0.15) is 11.5 Å². The molecular weight excluding hydrogens is 260 g/mol. The quantitative estimate of drug-likeness (QED) is 0.554. The lowest BCUT2D eigenvalue weighted by Crippen LogP contribution is -2.18. The molecule has 0 aliphatic carbocycles. The van der Waals surface area contributed by atoms with E-state index in [1.165, 1.54) is 5.56 Å². The summed E-state index contributed by atoms with van der Waals surface area (Å²) in [5.74, 6) is 1.87. The fourth-order valence-electron chi connectivity index (χ4n) is 2.13. The maximum Gasteiger partial charge on any atom is 0.132 e. The zero-order valence-electron chi connectivity index (χ0n) is 14.0. The number of benzene rings is 1. The van der Waals surface area contributed by atoms with Crippen LogP contribution in [-0.2, 0) is 11.2 Å². The van der Waals surface area contributed by atoms with E-state index in [4.69, 9.17) is 4.74 Å². The van der Waals surface area contributed by atoms with Crippen molar-refractivity contribution in [2.45, 2.75) is 72.3 Å². The molecule has 118 valence electrons. The first kappa shape index (κ1) is 17.7. The molecule has 0 heterocycles. The van der Waals surface area contributed by atoms with E-state index in [0.717, 1.165) is 37.9 Å². The van der Waals surface area contributed by atoms with Gasteiger partial charge < -0.3 is 4.74 Å². The molecule has 0 N–H and O–H groups in total. The summed E-state index contributed by atoms with van der Waals surface area (Å²) in [5, 5.41) is 0. The Morgan fingerprint density at radius 1 is 1.14 bits per heavy atom. The molecule has 0 unspecified atom stereocenters. The van der Waals surface area contributed by atoms with E-state index in [1.54, 1.807) is 0 Å². The monoisotopic (exact) mass is 290 g/mol. The van der Waals surface area contributed by atoms with E-state index >= 15 is 0 Å². The molecular formula is C19H30O2. The summed E-state index contributed by atoms with van der Waals surface area (Å²) in [5.41, 5.74) is 1.32. The first-order valence-electron chi connectivity index (χ1n) is 8.30. The molecule has 1 aromatic carbocycles.